The highest BCUT2D eigenvalue weighted by atomic mass is 14.9. The number of hydrogen-bond acceptors (Lipinski definition) is 3. The van der Waals surface area contributed by atoms with Gasteiger partial charge in [0, 0.05) is 18.6 Å². The lowest BCUT2D eigenvalue weighted by Gasteiger charge is -2.18. The second-order valence-electron chi connectivity index (χ2n) is 4.36. The molecule has 2 rings (SSSR count). The maximum atomic E-state index is 4.37. The second kappa shape index (κ2) is 5.21. The zero-order valence-electron chi connectivity index (χ0n) is 9.32. The Labute approximate surface area is 91.3 Å². The molecule has 1 fully saturated rings. The third-order valence-corrected chi connectivity index (χ3v) is 3.33. The molecule has 82 valence electrons. The van der Waals surface area contributed by atoms with E-state index in [-0.39, 0.29) is 0 Å². The lowest BCUT2D eigenvalue weighted by Crippen LogP contribution is -2.20. The molecule has 1 aromatic heterocycles. The van der Waals surface area contributed by atoms with Gasteiger partial charge in [0.15, 0.2) is 0 Å². The Kier molecular flexibility index (Phi) is 3.67. The number of hydrogen-bond donors (Lipinski definition) is 1. The maximum Gasteiger partial charge on any atom is 0.0756 e. The van der Waals surface area contributed by atoms with Gasteiger partial charge in [-0.2, -0.15) is 0 Å². The van der Waals surface area contributed by atoms with Gasteiger partial charge in [-0.15, -0.1) is 0 Å². The first-order chi connectivity index (χ1) is 7.40. The van der Waals surface area contributed by atoms with E-state index in [0.717, 1.165) is 11.6 Å². The lowest BCUT2D eigenvalue weighted by atomic mass is 9.97. The van der Waals surface area contributed by atoms with Crippen LogP contribution in [0.3, 0.4) is 0 Å². The summed E-state index contributed by atoms with van der Waals surface area (Å²) >= 11 is 0. The molecule has 1 N–H and O–H groups in total. The van der Waals surface area contributed by atoms with Crippen molar-refractivity contribution in [1.29, 1.82) is 0 Å². The Morgan fingerprint density at radius 3 is 2.80 bits per heavy atom. The third-order valence-electron chi connectivity index (χ3n) is 3.33. The molecule has 3 nitrogen and oxygen atoms in total. The molecule has 0 saturated heterocycles. The highest BCUT2D eigenvalue weighted by molar-refractivity contribution is 5.02. The van der Waals surface area contributed by atoms with Crippen LogP contribution in [0.4, 0.5) is 0 Å². The second-order valence-corrected chi connectivity index (χ2v) is 4.36. The van der Waals surface area contributed by atoms with E-state index in [4.69, 9.17) is 0 Å². The minimum Gasteiger partial charge on any atom is -0.312 e. The van der Waals surface area contributed by atoms with Gasteiger partial charge in [0.2, 0.25) is 0 Å². The molecule has 0 aliphatic heterocycles. The molecule has 1 aromatic rings. The van der Waals surface area contributed by atoms with Crippen LogP contribution in [0.5, 0.6) is 0 Å². The lowest BCUT2D eigenvalue weighted by molar-refractivity contribution is 0.407. The molecule has 0 spiro atoms. The Bertz CT molecular complexity index is 280. The molecule has 0 bridgehead atoms. The molecule has 1 aliphatic rings. The van der Waals surface area contributed by atoms with Crippen LogP contribution in [0.1, 0.15) is 43.8 Å². The van der Waals surface area contributed by atoms with E-state index >= 15 is 0 Å². The summed E-state index contributed by atoms with van der Waals surface area (Å²) in [5.41, 5.74) is 1.08. The SMILES string of the molecule is CNC(CC1CCCC1)c1cnccn1. The predicted octanol–water partition coefficient (Wildman–Crippen LogP) is 2.32. The van der Waals surface area contributed by atoms with E-state index in [1.807, 2.05) is 13.2 Å². The van der Waals surface area contributed by atoms with Crippen LogP contribution in [0.2, 0.25) is 0 Å². The zero-order valence-corrected chi connectivity index (χ0v) is 9.32. The fourth-order valence-electron chi connectivity index (χ4n) is 2.46. The van der Waals surface area contributed by atoms with Gasteiger partial charge in [0.1, 0.15) is 0 Å². The summed E-state index contributed by atoms with van der Waals surface area (Å²) in [6, 6.07) is 0.377. The topological polar surface area (TPSA) is 37.8 Å². The van der Waals surface area contributed by atoms with Gasteiger partial charge in [-0.3, -0.25) is 9.97 Å². The highest BCUT2D eigenvalue weighted by Crippen LogP contribution is 2.32. The highest BCUT2D eigenvalue weighted by Gasteiger charge is 2.20. The van der Waals surface area contributed by atoms with Crippen molar-refractivity contribution in [1.82, 2.24) is 15.3 Å². The van der Waals surface area contributed by atoms with Crippen LogP contribution < -0.4 is 5.32 Å². The Morgan fingerprint density at radius 2 is 2.20 bits per heavy atom. The quantitative estimate of drug-likeness (QED) is 0.819. The summed E-state index contributed by atoms with van der Waals surface area (Å²) in [6.07, 6.45) is 12.2. The molecule has 1 saturated carbocycles. The number of nitrogens with zero attached hydrogens (tertiary/aromatic N) is 2. The maximum absolute atomic E-state index is 4.37. The van der Waals surface area contributed by atoms with Gasteiger partial charge >= 0.3 is 0 Å². The molecule has 0 radical (unpaired) electrons. The monoisotopic (exact) mass is 205 g/mol. The van der Waals surface area contributed by atoms with E-state index in [9.17, 15) is 0 Å². The standard InChI is InChI=1S/C12H19N3/c1-13-11(8-10-4-2-3-5-10)12-9-14-6-7-15-12/h6-7,9-11,13H,2-5,8H2,1H3. The van der Waals surface area contributed by atoms with E-state index in [0.29, 0.717) is 6.04 Å². The van der Waals surface area contributed by atoms with Crippen LogP contribution in [0.25, 0.3) is 0 Å². The van der Waals surface area contributed by atoms with Crippen molar-refractivity contribution in [3.63, 3.8) is 0 Å². The number of aromatic nitrogens is 2. The molecule has 0 aromatic carbocycles. The molecule has 0 amide bonds. The smallest absolute Gasteiger partial charge is 0.0756 e. The van der Waals surface area contributed by atoms with Crippen molar-refractivity contribution in [3.8, 4) is 0 Å². The minimum absolute atomic E-state index is 0.377. The van der Waals surface area contributed by atoms with Crippen LogP contribution in [0.15, 0.2) is 18.6 Å². The van der Waals surface area contributed by atoms with Gasteiger partial charge in [0.05, 0.1) is 11.7 Å². The fraction of sp³-hybridized carbons (Fsp3) is 0.667. The van der Waals surface area contributed by atoms with E-state index < -0.39 is 0 Å². The average Bonchev–Trinajstić information content (AvgIpc) is 2.80. The van der Waals surface area contributed by atoms with Gasteiger partial charge in [-0.25, -0.2) is 0 Å². The van der Waals surface area contributed by atoms with Crippen molar-refractivity contribution in [3.05, 3.63) is 24.3 Å². The van der Waals surface area contributed by atoms with Crippen LogP contribution >= 0.6 is 0 Å². The van der Waals surface area contributed by atoms with Crippen molar-refractivity contribution in [2.75, 3.05) is 7.05 Å². The first-order valence-corrected chi connectivity index (χ1v) is 5.83. The Hall–Kier alpha value is -0.960. The normalized spacial score (nSPS) is 19.3. The molecule has 1 unspecified atom stereocenters. The molecule has 15 heavy (non-hydrogen) atoms. The van der Waals surface area contributed by atoms with Crippen LogP contribution in [0, 0.1) is 5.92 Å². The molecule has 1 atom stereocenters. The number of nitrogens with one attached hydrogen (secondary N) is 1. The first-order valence-electron chi connectivity index (χ1n) is 5.83. The van der Waals surface area contributed by atoms with E-state index in [1.165, 1.54) is 32.1 Å². The molecule has 1 aliphatic carbocycles. The van der Waals surface area contributed by atoms with Gasteiger partial charge in [0.25, 0.3) is 0 Å². The summed E-state index contributed by atoms with van der Waals surface area (Å²) in [5, 5.41) is 3.34. The van der Waals surface area contributed by atoms with Crippen LogP contribution in [-0.4, -0.2) is 17.0 Å². The Balaban J connectivity index is 1.97. The van der Waals surface area contributed by atoms with Gasteiger partial charge < -0.3 is 5.32 Å². The van der Waals surface area contributed by atoms with Crippen molar-refractivity contribution < 1.29 is 0 Å². The summed E-state index contributed by atoms with van der Waals surface area (Å²) < 4.78 is 0. The third kappa shape index (κ3) is 2.75. The molecular weight excluding hydrogens is 186 g/mol. The summed E-state index contributed by atoms with van der Waals surface area (Å²) in [7, 11) is 2.01. The fourth-order valence-corrected chi connectivity index (χ4v) is 2.46. The van der Waals surface area contributed by atoms with Crippen molar-refractivity contribution >= 4 is 0 Å². The number of rotatable bonds is 4. The Morgan fingerprint density at radius 1 is 1.40 bits per heavy atom. The largest absolute Gasteiger partial charge is 0.312 e. The first kappa shape index (κ1) is 10.6. The van der Waals surface area contributed by atoms with Gasteiger partial charge in [-0.05, 0) is 19.4 Å². The predicted molar refractivity (Wildman–Crippen MR) is 60.4 cm³/mol. The molecular formula is C12H19N3. The van der Waals surface area contributed by atoms with Gasteiger partial charge in [-0.1, -0.05) is 25.7 Å². The zero-order chi connectivity index (χ0) is 10.5. The molecule has 1 heterocycles. The van der Waals surface area contributed by atoms with Crippen molar-refractivity contribution in [2.45, 2.75) is 38.1 Å². The van der Waals surface area contributed by atoms with E-state index in [1.54, 1.807) is 12.4 Å². The van der Waals surface area contributed by atoms with E-state index in [2.05, 4.69) is 15.3 Å². The average molecular weight is 205 g/mol. The summed E-state index contributed by atoms with van der Waals surface area (Å²) in [4.78, 5) is 8.49. The molecule has 3 heteroatoms. The summed E-state index contributed by atoms with van der Waals surface area (Å²) in [6.45, 7) is 0. The van der Waals surface area contributed by atoms with Crippen molar-refractivity contribution in [2.24, 2.45) is 5.92 Å². The van der Waals surface area contributed by atoms with Crippen LogP contribution in [-0.2, 0) is 0 Å². The summed E-state index contributed by atoms with van der Waals surface area (Å²) in [5.74, 6) is 0.879. The minimum atomic E-state index is 0.377.